The van der Waals surface area contributed by atoms with Crippen molar-refractivity contribution >= 4 is 17.5 Å². The maximum absolute atomic E-state index is 12.4. The van der Waals surface area contributed by atoms with Crippen LogP contribution in [0.4, 0.5) is 5.69 Å². The van der Waals surface area contributed by atoms with Crippen LogP contribution in [0.1, 0.15) is 17.8 Å². The highest BCUT2D eigenvalue weighted by atomic mass is 16.2. The van der Waals surface area contributed by atoms with E-state index >= 15 is 0 Å². The van der Waals surface area contributed by atoms with Gasteiger partial charge >= 0.3 is 0 Å². The summed E-state index contributed by atoms with van der Waals surface area (Å²) in [7, 11) is 0. The molecular formula is C17H19N3O2. The van der Waals surface area contributed by atoms with E-state index in [4.69, 9.17) is 0 Å². The molecule has 1 aliphatic rings. The van der Waals surface area contributed by atoms with Crippen molar-refractivity contribution < 1.29 is 9.59 Å². The molecule has 1 aromatic heterocycles. The van der Waals surface area contributed by atoms with Gasteiger partial charge in [0.1, 0.15) is 0 Å². The summed E-state index contributed by atoms with van der Waals surface area (Å²) in [6, 6.07) is 13.4. The Hall–Kier alpha value is -2.56. The molecule has 0 bridgehead atoms. The first kappa shape index (κ1) is 14.4. The average Bonchev–Trinajstić information content (AvgIpc) is 3.05. The van der Waals surface area contributed by atoms with Gasteiger partial charge in [0.25, 0.3) is 0 Å². The third-order valence-electron chi connectivity index (χ3n) is 4.06. The lowest BCUT2D eigenvalue weighted by atomic mass is 10.1. The molecule has 22 heavy (non-hydrogen) atoms. The van der Waals surface area contributed by atoms with Gasteiger partial charge in [0.05, 0.1) is 5.92 Å². The van der Waals surface area contributed by atoms with E-state index in [1.54, 1.807) is 9.58 Å². The molecule has 0 saturated carbocycles. The summed E-state index contributed by atoms with van der Waals surface area (Å²) in [5.41, 5.74) is 5.67. The minimum atomic E-state index is -0.325. The predicted octanol–water partition coefficient (Wildman–Crippen LogP) is 2.23. The number of anilines is 1. The van der Waals surface area contributed by atoms with E-state index in [1.165, 1.54) is 0 Å². The Morgan fingerprint density at radius 2 is 1.73 bits per heavy atom. The smallest absolute Gasteiger partial charge is 0.244 e. The largest absolute Gasteiger partial charge is 0.312 e. The second kappa shape index (κ2) is 5.67. The van der Waals surface area contributed by atoms with Crippen LogP contribution < -0.4 is 10.3 Å². The maximum Gasteiger partial charge on any atom is 0.244 e. The summed E-state index contributed by atoms with van der Waals surface area (Å²) in [5, 5.41) is 0. The normalized spacial score (nSPS) is 17.8. The summed E-state index contributed by atoms with van der Waals surface area (Å²) in [4.78, 5) is 26.3. The minimum absolute atomic E-state index is 0.00713. The quantitative estimate of drug-likeness (QED) is 0.944. The highest BCUT2D eigenvalue weighted by molar-refractivity contribution is 6.01. The van der Waals surface area contributed by atoms with Gasteiger partial charge in [-0.3, -0.25) is 19.7 Å². The predicted molar refractivity (Wildman–Crippen MR) is 85.2 cm³/mol. The van der Waals surface area contributed by atoms with Gasteiger partial charge in [-0.2, -0.15) is 0 Å². The standard InChI is InChI=1S/C17H19N3O2/c1-12-8-9-13(2)20(12)18-17(22)14-10-16(21)19(11-14)15-6-4-3-5-7-15/h3-9,14H,10-11H2,1-2H3,(H,18,22). The minimum Gasteiger partial charge on any atom is -0.312 e. The number of rotatable bonds is 3. The van der Waals surface area contributed by atoms with Crippen LogP contribution in [0.5, 0.6) is 0 Å². The van der Waals surface area contributed by atoms with Crippen molar-refractivity contribution in [1.82, 2.24) is 4.68 Å². The van der Waals surface area contributed by atoms with Gasteiger partial charge in [-0.1, -0.05) is 18.2 Å². The SMILES string of the molecule is Cc1ccc(C)n1NC(=O)C1CC(=O)N(c2ccccc2)C1. The summed E-state index contributed by atoms with van der Waals surface area (Å²) in [5.74, 6) is -0.449. The molecule has 1 N–H and O–H groups in total. The molecule has 5 nitrogen and oxygen atoms in total. The number of hydrogen-bond acceptors (Lipinski definition) is 2. The van der Waals surface area contributed by atoms with Crippen molar-refractivity contribution in [2.45, 2.75) is 20.3 Å². The maximum atomic E-state index is 12.4. The van der Waals surface area contributed by atoms with E-state index in [-0.39, 0.29) is 24.2 Å². The Bertz CT molecular complexity index is 686. The summed E-state index contributed by atoms with van der Waals surface area (Å²) in [6.45, 7) is 4.29. The van der Waals surface area contributed by atoms with Crippen LogP contribution in [-0.4, -0.2) is 23.0 Å². The van der Waals surface area contributed by atoms with Crippen molar-refractivity contribution in [3.05, 3.63) is 53.9 Å². The molecule has 114 valence electrons. The van der Waals surface area contributed by atoms with Gasteiger partial charge in [0.2, 0.25) is 11.8 Å². The number of para-hydroxylation sites is 1. The van der Waals surface area contributed by atoms with E-state index in [1.807, 2.05) is 56.3 Å². The lowest BCUT2D eigenvalue weighted by molar-refractivity contribution is -0.123. The lowest BCUT2D eigenvalue weighted by Gasteiger charge is -2.17. The number of carbonyl (C=O) groups excluding carboxylic acids is 2. The van der Waals surface area contributed by atoms with Crippen LogP contribution in [0.3, 0.4) is 0 Å². The summed E-state index contributed by atoms with van der Waals surface area (Å²) in [6.07, 6.45) is 0.250. The second-order valence-electron chi connectivity index (χ2n) is 5.67. The Balaban J connectivity index is 1.72. The van der Waals surface area contributed by atoms with Crippen molar-refractivity contribution in [1.29, 1.82) is 0 Å². The third kappa shape index (κ3) is 2.62. The highest BCUT2D eigenvalue weighted by Crippen LogP contribution is 2.25. The zero-order valence-corrected chi connectivity index (χ0v) is 12.7. The van der Waals surface area contributed by atoms with E-state index in [0.717, 1.165) is 17.1 Å². The Kier molecular flexibility index (Phi) is 3.71. The topological polar surface area (TPSA) is 54.3 Å². The molecule has 0 spiro atoms. The molecular weight excluding hydrogens is 278 g/mol. The summed E-state index contributed by atoms with van der Waals surface area (Å²) >= 11 is 0. The van der Waals surface area contributed by atoms with Crippen LogP contribution in [0, 0.1) is 19.8 Å². The Morgan fingerprint density at radius 1 is 1.09 bits per heavy atom. The zero-order chi connectivity index (χ0) is 15.7. The monoisotopic (exact) mass is 297 g/mol. The molecule has 1 aliphatic heterocycles. The van der Waals surface area contributed by atoms with Gasteiger partial charge in [0.15, 0.2) is 0 Å². The first-order valence-electron chi connectivity index (χ1n) is 7.37. The third-order valence-corrected chi connectivity index (χ3v) is 4.06. The molecule has 2 aromatic rings. The number of aromatic nitrogens is 1. The van der Waals surface area contributed by atoms with Crippen molar-refractivity contribution in [2.24, 2.45) is 5.92 Å². The molecule has 2 amide bonds. The molecule has 5 heteroatoms. The van der Waals surface area contributed by atoms with Crippen LogP contribution in [0.2, 0.25) is 0 Å². The fraction of sp³-hybridized carbons (Fsp3) is 0.294. The summed E-state index contributed by atoms with van der Waals surface area (Å²) < 4.78 is 1.76. The molecule has 3 rings (SSSR count). The van der Waals surface area contributed by atoms with Gasteiger partial charge in [0, 0.05) is 30.0 Å². The molecule has 1 aromatic carbocycles. The van der Waals surface area contributed by atoms with E-state index in [2.05, 4.69) is 5.43 Å². The Labute approximate surface area is 129 Å². The van der Waals surface area contributed by atoms with Crippen molar-refractivity contribution in [3.63, 3.8) is 0 Å². The number of aryl methyl sites for hydroxylation is 2. The van der Waals surface area contributed by atoms with Crippen LogP contribution >= 0.6 is 0 Å². The number of nitrogens with zero attached hydrogens (tertiary/aromatic N) is 2. The van der Waals surface area contributed by atoms with Crippen LogP contribution in [-0.2, 0) is 9.59 Å². The number of nitrogens with one attached hydrogen (secondary N) is 1. The zero-order valence-electron chi connectivity index (χ0n) is 12.7. The van der Waals surface area contributed by atoms with E-state index in [9.17, 15) is 9.59 Å². The Morgan fingerprint density at radius 3 is 2.36 bits per heavy atom. The molecule has 1 atom stereocenters. The van der Waals surface area contributed by atoms with E-state index < -0.39 is 0 Å². The number of benzene rings is 1. The van der Waals surface area contributed by atoms with Gasteiger partial charge in [-0.25, -0.2) is 0 Å². The first-order valence-corrected chi connectivity index (χ1v) is 7.37. The van der Waals surface area contributed by atoms with Crippen molar-refractivity contribution in [3.8, 4) is 0 Å². The van der Waals surface area contributed by atoms with Crippen LogP contribution in [0.15, 0.2) is 42.5 Å². The number of hydrogen-bond donors (Lipinski definition) is 1. The molecule has 0 aliphatic carbocycles. The number of carbonyl (C=O) groups is 2. The second-order valence-corrected chi connectivity index (χ2v) is 5.67. The molecule has 0 radical (unpaired) electrons. The molecule has 1 saturated heterocycles. The first-order chi connectivity index (χ1) is 10.6. The highest BCUT2D eigenvalue weighted by Gasteiger charge is 2.35. The molecule has 2 heterocycles. The molecule has 1 fully saturated rings. The van der Waals surface area contributed by atoms with Gasteiger partial charge < -0.3 is 4.90 Å². The fourth-order valence-electron chi connectivity index (χ4n) is 2.79. The number of amides is 2. The van der Waals surface area contributed by atoms with Crippen molar-refractivity contribution in [2.75, 3.05) is 16.9 Å². The fourth-order valence-corrected chi connectivity index (χ4v) is 2.79. The van der Waals surface area contributed by atoms with Gasteiger partial charge in [-0.15, -0.1) is 0 Å². The van der Waals surface area contributed by atoms with Gasteiger partial charge in [-0.05, 0) is 38.1 Å². The average molecular weight is 297 g/mol. The lowest BCUT2D eigenvalue weighted by Crippen LogP contribution is -2.32. The van der Waals surface area contributed by atoms with Crippen LogP contribution in [0.25, 0.3) is 0 Å². The van der Waals surface area contributed by atoms with E-state index in [0.29, 0.717) is 6.54 Å². The molecule has 1 unspecified atom stereocenters.